The van der Waals surface area contributed by atoms with Crippen molar-refractivity contribution >= 4 is 5.65 Å². The number of H-pyrrole nitrogens is 1. The summed E-state index contributed by atoms with van der Waals surface area (Å²) in [5.41, 5.74) is 5.40. The van der Waals surface area contributed by atoms with Crippen LogP contribution in [0.2, 0.25) is 0 Å². The highest BCUT2D eigenvalue weighted by atomic mass is 16.5. The molecule has 0 aliphatic carbocycles. The van der Waals surface area contributed by atoms with Gasteiger partial charge in [-0.1, -0.05) is 0 Å². The minimum atomic E-state index is -0.380. The van der Waals surface area contributed by atoms with Crippen molar-refractivity contribution in [3.63, 3.8) is 0 Å². The van der Waals surface area contributed by atoms with E-state index in [2.05, 4.69) is 15.3 Å². The molecule has 0 fully saturated rings. The molecule has 2 aromatic heterocycles. The van der Waals surface area contributed by atoms with Gasteiger partial charge in [-0.05, 0) is 19.0 Å². The number of nitrogens with zero attached hydrogens (tertiary/aromatic N) is 3. The maximum Gasteiger partial charge on any atom is 0.364 e. The molecule has 80 valence electrons. The van der Waals surface area contributed by atoms with Crippen LogP contribution >= 0.6 is 0 Å². The molecule has 0 aliphatic heterocycles. The summed E-state index contributed by atoms with van der Waals surface area (Å²) >= 11 is 0. The molecular weight excluding hydrogens is 198 g/mol. The number of fused-ring (bicyclic) bond motifs is 1. The van der Waals surface area contributed by atoms with Crippen LogP contribution in [0.15, 0.2) is 16.9 Å². The molecule has 7 nitrogen and oxygen atoms in total. The van der Waals surface area contributed by atoms with E-state index in [0.717, 1.165) is 10.9 Å². The summed E-state index contributed by atoms with van der Waals surface area (Å²) < 4.78 is 6.44. The van der Waals surface area contributed by atoms with E-state index < -0.39 is 0 Å². The van der Waals surface area contributed by atoms with Gasteiger partial charge in [0, 0.05) is 6.07 Å². The van der Waals surface area contributed by atoms with Gasteiger partial charge in [-0.2, -0.15) is 9.61 Å². The lowest BCUT2D eigenvalue weighted by Gasteiger charge is -2.02. The first kappa shape index (κ1) is 9.66. The Morgan fingerprint density at radius 1 is 1.53 bits per heavy atom. The Kier molecular flexibility index (Phi) is 2.64. The van der Waals surface area contributed by atoms with E-state index >= 15 is 0 Å². The van der Waals surface area contributed by atoms with Gasteiger partial charge >= 0.3 is 5.69 Å². The van der Waals surface area contributed by atoms with E-state index in [9.17, 15) is 4.79 Å². The first-order valence-corrected chi connectivity index (χ1v) is 4.58. The van der Waals surface area contributed by atoms with E-state index in [1.165, 1.54) is 0 Å². The number of rotatable bonds is 4. The summed E-state index contributed by atoms with van der Waals surface area (Å²) in [7, 11) is 0. The molecule has 3 N–H and O–H groups in total. The number of aromatic nitrogens is 4. The number of ether oxygens (including phenoxy) is 1. The van der Waals surface area contributed by atoms with Crippen molar-refractivity contribution in [2.24, 2.45) is 5.73 Å². The largest absolute Gasteiger partial charge is 0.477 e. The maximum absolute atomic E-state index is 11.2. The van der Waals surface area contributed by atoms with Crippen LogP contribution in [0.5, 0.6) is 5.88 Å². The van der Waals surface area contributed by atoms with Crippen LogP contribution in [0.4, 0.5) is 0 Å². The van der Waals surface area contributed by atoms with Crippen LogP contribution in [-0.2, 0) is 0 Å². The molecular formula is C8H11N5O2. The molecule has 2 heterocycles. The quantitative estimate of drug-likeness (QED) is 0.639. The highest BCUT2D eigenvalue weighted by Gasteiger charge is 2.02. The fraction of sp³-hybridized carbons (Fsp3) is 0.375. The van der Waals surface area contributed by atoms with Gasteiger partial charge in [0.1, 0.15) is 0 Å². The Morgan fingerprint density at radius 3 is 3.20 bits per heavy atom. The second-order valence-electron chi connectivity index (χ2n) is 2.96. The van der Waals surface area contributed by atoms with Gasteiger partial charge in [0.2, 0.25) is 5.88 Å². The molecule has 0 amide bonds. The SMILES string of the molecule is NCCCOc1ccc2n[nH]c(=O)n2n1. The van der Waals surface area contributed by atoms with E-state index in [4.69, 9.17) is 10.5 Å². The average molecular weight is 209 g/mol. The van der Waals surface area contributed by atoms with Gasteiger partial charge in [-0.15, -0.1) is 5.10 Å². The molecule has 0 radical (unpaired) electrons. The molecule has 0 saturated heterocycles. The Labute approximate surface area is 84.9 Å². The van der Waals surface area contributed by atoms with Crippen molar-refractivity contribution in [2.45, 2.75) is 6.42 Å². The Hall–Kier alpha value is -1.89. The monoisotopic (exact) mass is 209 g/mol. The second kappa shape index (κ2) is 4.09. The zero-order valence-corrected chi connectivity index (χ0v) is 8.01. The van der Waals surface area contributed by atoms with Crippen molar-refractivity contribution in [2.75, 3.05) is 13.2 Å². The minimum absolute atomic E-state index is 0.380. The first-order valence-electron chi connectivity index (χ1n) is 4.58. The zero-order chi connectivity index (χ0) is 10.7. The summed E-state index contributed by atoms with van der Waals surface area (Å²) in [6.45, 7) is 1.05. The molecule has 7 heteroatoms. The molecule has 15 heavy (non-hydrogen) atoms. The molecule has 0 aliphatic rings. The lowest BCUT2D eigenvalue weighted by molar-refractivity contribution is 0.296. The van der Waals surface area contributed by atoms with E-state index in [-0.39, 0.29) is 5.69 Å². The summed E-state index contributed by atoms with van der Waals surface area (Å²) in [4.78, 5) is 11.2. The third-order valence-electron chi connectivity index (χ3n) is 1.85. The third-order valence-corrected chi connectivity index (χ3v) is 1.85. The lowest BCUT2D eigenvalue weighted by atomic mass is 10.5. The Bertz CT molecular complexity index is 503. The van der Waals surface area contributed by atoms with Gasteiger partial charge in [-0.25, -0.2) is 9.89 Å². The van der Waals surface area contributed by atoms with Gasteiger partial charge in [0.15, 0.2) is 5.65 Å². The first-order chi connectivity index (χ1) is 7.31. The van der Waals surface area contributed by atoms with Crippen molar-refractivity contribution < 1.29 is 4.74 Å². The van der Waals surface area contributed by atoms with Crippen LogP contribution in [0.3, 0.4) is 0 Å². The molecule has 0 aromatic carbocycles. The van der Waals surface area contributed by atoms with Crippen LogP contribution < -0.4 is 16.2 Å². The van der Waals surface area contributed by atoms with Crippen molar-refractivity contribution in [1.82, 2.24) is 19.8 Å². The molecule has 0 saturated carbocycles. The second-order valence-corrected chi connectivity index (χ2v) is 2.96. The molecule has 0 atom stereocenters. The summed E-state index contributed by atoms with van der Waals surface area (Å²) in [6, 6.07) is 3.31. The predicted molar refractivity (Wildman–Crippen MR) is 52.8 cm³/mol. The minimum Gasteiger partial charge on any atom is -0.477 e. The zero-order valence-electron chi connectivity index (χ0n) is 8.01. The molecule has 2 aromatic rings. The highest BCUT2D eigenvalue weighted by Crippen LogP contribution is 2.05. The topological polar surface area (TPSA) is 98.3 Å². The predicted octanol–water partition coefficient (Wildman–Crippen LogP) is -0.855. The van der Waals surface area contributed by atoms with Crippen molar-refractivity contribution in [3.8, 4) is 5.88 Å². The van der Waals surface area contributed by atoms with Crippen LogP contribution in [-0.4, -0.2) is 33.0 Å². The number of hydrogen-bond acceptors (Lipinski definition) is 5. The Morgan fingerprint density at radius 2 is 2.40 bits per heavy atom. The normalized spacial score (nSPS) is 10.7. The fourth-order valence-corrected chi connectivity index (χ4v) is 1.12. The van der Waals surface area contributed by atoms with Gasteiger partial charge in [0.05, 0.1) is 6.61 Å². The van der Waals surface area contributed by atoms with Crippen molar-refractivity contribution in [3.05, 3.63) is 22.6 Å². The summed E-state index contributed by atoms with van der Waals surface area (Å²) in [5, 5.41) is 9.99. The molecule has 2 rings (SSSR count). The maximum atomic E-state index is 11.2. The summed E-state index contributed by atoms with van der Waals surface area (Å²) in [5.74, 6) is 0.388. The van der Waals surface area contributed by atoms with Crippen LogP contribution in [0.1, 0.15) is 6.42 Å². The highest BCUT2D eigenvalue weighted by molar-refractivity contribution is 5.35. The van der Waals surface area contributed by atoms with Gasteiger partial charge in [-0.3, -0.25) is 0 Å². The van der Waals surface area contributed by atoms with Crippen LogP contribution in [0.25, 0.3) is 5.65 Å². The summed E-state index contributed by atoms with van der Waals surface area (Å²) in [6.07, 6.45) is 0.750. The lowest BCUT2D eigenvalue weighted by Crippen LogP contribution is -2.13. The number of nitrogens with one attached hydrogen (secondary N) is 1. The van der Waals surface area contributed by atoms with E-state index in [1.807, 2.05) is 0 Å². The van der Waals surface area contributed by atoms with E-state index in [0.29, 0.717) is 24.7 Å². The number of nitrogens with two attached hydrogens (primary N) is 1. The number of hydrogen-bond donors (Lipinski definition) is 2. The standard InChI is InChI=1S/C8H11N5O2/c9-4-1-5-15-7-3-2-6-10-11-8(14)13(6)12-7/h2-3H,1,4-5,9H2,(H,11,14). The molecule has 0 spiro atoms. The van der Waals surface area contributed by atoms with Gasteiger partial charge < -0.3 is 10.5 Å². The smallest absolute Gasteiger partial charge is 0.364 e. The van der Waals surface area contributed by atoms with Crippen LogP contribution in [0, 0.1) is 0 Å². The molecule has 0 unspecified atom stereocenters. The van der Waals surface area contributed by atoms with Gasteiger partial charge in [0.25, 0.3) is 0 Å². The average Bonchev–Trinajstić information content (AvgIpc) is 2.61. The Balaban J connectivity index is 2.22. The fourth-order valence-electron chi connectivity index (χ4n) is 1.12. The van der Waals surface area contributed by atoms with Crippen molar-refractivity contribution in [1.29, 1.82) is 0 Å². The number of aromatic amines is 1. The van der Waals surface area contributed by atoms with E-state index in [1.54, 1.807) is 12.1 Å². The third kappa shape index (κ3) is 1.96. The molecule has 0 bridgehead atoms.